The van der Waals surface area contributed by atoms with Gasteiger partial charge < -0.3 is 10.6 Å². The first-order valence-corrected chi connectivity index (χ1v) is 10.9. The summed E-state index contributed by atoms with van der Waals surface area (Å²) >= 11 is 3.00. The minimum absolute atomic E-state index is 0.0605. The van der Waals surface area contributed by atoms with Crippen LogP contribution in [0.2, 0.25) is 0 Å². The molecule has 0 aliphatic carbocycles. The van der Waals surface area contributed by atoms with E-state index in [1.165, 1.54) is 23.0 Å². The monoisotopic (exact) mass is 414 g/mol. The van der Waals surface area contributed by atoms with Gasteiger partial charge in [-0.15, -0.1) is 11.3 Å². The van der Waals surface area contributed by atoms with Crippen LogP contribution in [-0.2, 0) is 22.4 Å². The summed E-state index contributed by atoms with van der Waals surface area (Å²) in [5, 5.41) is 7.28. The molecule has 0 aliphatic rings. The molecule has 3 rings (SSSR count). The summed E-state index contributed by atoms with van der Waals surface area (Å²) < 4.78 is 0. The Morgan fingerprint density at radius 3 is 2.71 bits per heavy atom. The van der Waals surface area contributed by atoms with Crippen molar-refractivity contribution < 1.29 is 9.59 Å². The average molecular weight is 415 g/mol. The number of anilines is 1. The Hall–Kier alpha value is -2.45. The van der Waals surface area contributed by atoms with Crippen LogP contribution in [0.5, 0.6) is 0 Å². The molecule has 0 saturated carbocycles. The number of thioether (sulfide) groups is 1. The van der Waals surface area contributed by atoms with Gasteiger partial charge in [-0.25, -0.2) is 9.97 Å². The second-order valence-electron chi connectivity index (χ2n) is 6.09. The van der Waals surface area contributed by atoms with Crippen molar-refractivity contribution in [3.8, 4) is 0 Å². The molecule has 2 heterocycles. The van der Waals surface area contributed by atoms with E-state index >= 15 is 0 Å². The molecule has 0 fully saturated rings. The molecule has 0 unspecified atom stereocenters. The molecule has 0 saturated heterocycles. The van der Waals surface area contributed by atoms with Gasteiger partial charge >= 0.3 is 0 Å². The van der Waals surface area contributed by atoms with Gasteiger partial charge in [0.05, 0.1) is 12.3 Å². The smallest absolute Gasteiger partial charge is 0.243 e. The van der Waals surface area contributed by atoms with E-state index in [2.05, 4.69) is 33.6 Å². The van der Waals surface area contributed by atoms with Gasteiger partial charge in [0, 0.05) is 16.0 Å². The zero-order chi connectivity index (χ0) is 19.9. The van der Waals surface area contributed by atoms with Crippen LogP contribution in [0, 0.1) is 0 Å². The molecule has 2 N–H and O–H groups in total. The van der Waals surface area contributed by atoms with Crippen LogP contribution in [0.15, 0.2) is 41.7 Å². The number of rotatable bonds is 8. The lowest BCUT2D eigenvalue weighted by molar-refractivity contribution is -0.122. The van der Waals surface area contributed by atoms with Gasteiger partial charge in [-0.2, -0.15) is 0 Å². The third-order valence-corrected chi connectivity index (χ3v) is 6.34. The minimum atomic E-state index is -0.242. The van der Waals surface area contributed by atoms with Gasteiger partial charge in [0.25, 0.3) is 0 Å². The molecular formula is C20H22N4O2S2. The maximum Gasteiger partial charge on any atom is 0.243 e. The summed E-state index contributed by atoms with van der Waals surface area (Å²) in [7, 11) is 0. The second kappa shape index (κ2) is 9.66. The molecule has 28 heavy (non-hydrogen) atoms. The van der Waals surface area contributed by atoms with E-state index in [0.29, 0.717) is 0 Å². The molecule has 0 bridgehead atoms. The van der Waals surface area contributed by atoms with Crippen molar-refractivity contribution >= 4 is 50.8 Å². The first-order chi connectivity index (χ1) is 13.6. The highest BCUT2D eigenvalue weighted by Gasteiger charge is 2.12. The molecule has 8 heteroatoms. The molecular weight excluding hydrogens is 392 g/mol. The fourth-order valence-electron chi connectivity index (χ4n) is 2.68. The number of thiophene rings is 1. The largest absolute Gasteiger partial charge is 0.346 e. The molecule has 6 nitrogen and oxygen atoms in total. The van der Waals surface area contributed by atoms with Gasteiger partial charge in [-0.3, -0.25) is 9.59 Å². The van der Waals surface area contributed by atoms with Crippen molar-refractivity contribution in [1.29, 1.82) is 0 Å². The summed E-state index contributed by atoms with van der Waals surface area (Å²) in [6, 6.07) is 9.73. The third-order valence-electron chi connectivity index (χ3n) is 4.15. The standard InChI is InChI=1S/C20H22N4O2S2/c1-3-13-7-5-6-8-16(13)24-17(25)10-21-18(26)11-27-19-15-9-14(4-2)28-20(15)23-12-22-19/h5-9,12H,3-4,10-11H2,1-2H3,(H,21,26)(H,24,25). The quantitative estimate of drug-likeness (QED) is 0.434. The number of nitrogens with zero attached hydrogens (tertiary/aromatic N) is 2. The number of nitrogens with one attached hydrogen (secondary N) is 2. The third kappa shape index (κ3) is 5.08. The van der Waals surface area contributed by atoms with E-state index in [-0.39, 0.29) is 24.1 Å². The van der Waals surface area contributed by atoms with Gasteiger partial charge in [-0.1, -0.05) is 43.8 Å². The SMILES string of the molecule is CCc1cc2c(SCC(=O)NCC(=O)Nc3ccccc3CC)ncnc2s1. The Labute approximate surface area is 172 Å². The van der Waals surface area contributed by atoms with Crippen LogP contribution in [0.4, 0.5) is 5.69 Å². The predicted molar refractivity (Wildman–Crippen MR) is 115 cm³/mol. The Morgan fingerprint density at radius 2 is 1.93 bits per heavy atom. The molecule has 0 spiro atoms. The van der Waals surface area contributed by atoms with Crippen molar-refractivity contribution in [3.05, 3.63) is 47.1 Å². The Morgan fingerprint density at radius 1 is 1.11 bits per heavy atom. The van der Waals surface area contributed by atoms with E-state index in [1.54, 1.807) is 11.3 Å². The van der Waals surface area contributed by atoms with Gasteiger partial charge in [0.2, 0.25) is 11.8 Å². The minimum Gasteiger partial charge on any atom is -0.346 e. The fraction of sp³-hybridized carbons (Fsp3) is 0.300. The average Bonchev–Trinajstić information content (AvgIpc) is 3.15. The lowest BCUT2D eigenvalue weighted by Crippen LogP contribution is -2.34. The van der Waals surface area contributed by atoms with E-state index in [9.17, 15) is 9.59 Å². The molecule has 0 atom stereocenters. The number of fused-ring (bicyclic) bond motifs is 1. The molecule has 3 aromatic rings. The highest BCUT2D eigenvalue weighted by atomic mass is 32.2. The highest BCUT2D eigenvalue weighted by molar-refractivity contribution is 8.00. The zero-order valence-electron chi connectivity index (χ0n) is 15.8. The summed E-state index contributed by atoms with van der Waals surface area (Å²) in [6.45, 7) is 4.07. The lowest BCUT2D eigenvalue weighted by atomic mass is 10.1. The molecule has 2 aromatic heterocycles. The number of benzene rings is 1. The van der Waals surface area contributed by atoms with Crippen LogP contribution < -0.4 is 10.6 Å². The number of amides is 2. The molecule has 1 aromatic carbocycles. The number of hydrogen-bond donors (Lipinski definition) is 2. The topological polar surface area (TPSA) is 84.0 Å². The van der Waals surface area contributed by atoms with E-state index in [1.807, 2.05) is 31.2 Å². The van der Waals surface area contributed by atoms with Crippen molar-refractivity contribution in [2.24, 2.45) is 0 Å². The normalized spacial score (nSPS) is 10.8. The number of aryl methyl sites for hydroxylation is 2. The van der Waals surface area contributed by atoms with Gasteiger partial charge in [0.15, 0.2) is 0 Å². The van der Waals surface area contributed by atoms with E-state index < -0.39 is 0 Å². The second-order valence-corrected chi connectivity index (χ2v) is 8.17. The number of hydrogen-bond acceptors (Lipinski definition) is 6. The van der Waals surface area contributed by atoms with Crippen molar-refractivity contribution in [2.45, 2.75) is 31.7 Å². The first-order valence-electron chi connectivity index (χ1n) is 9.11. The summed E-state index contributed by atoms with van der Waals surface area (Å²) in [4.78, 5) is 35.0. The van der Waals surface area contributed by atoms with Gasteiger partial charge in [-0.05, 0) is 30.5 Å². The Balaban J connectivity index is 1.51. The highest BCUT2D eigenvalue weighted by Crippen LogP contribution is 2.30. The Kier molecular flexibility index (Phi) is 7.00. The van der Waals surface area contributed by atoms with Gasteiger partial charge in [0.1, 0.15) is 16.2 Å². The molecule has 146 valence electrons. The molecule has 0 aliphatic heterocycles. The van der Waals surface area contributed by atoms with Crippen LogP contribution >= 0.6 is 23.1 Å². The number of carbonyl (C=O) groups excluding carboxylic acids is 2. The predicted octanol–water partition coefficient (Wildman–Crippen LogP) is 3.66. The molecule has 0 radical (unpaired) electrons. The maximum absolute atomic E-state index is 12.1. The maximum atomic E-state index is 12.1. The van der Waals surface area contributed by atoms with Crippen LogP contribution in [0.1, 0.15) is 24.3 Å². The summed E-state index contributed by atoms with van der Waals surface area (Å²) in [5.41, 5.74) is 1.85. The van der Waals surface area contributed by atoms with E-state index in [0.717, 1.165) is 39.3 Å². The van der Waals surface area contributed by atoms with Crippen LogP contribution in [0.3, 0.4) is 0 Å². The lowest BCUT2D eigenvalue weighted by Gasteiger charge is -2.10. The van der Waals surface area contributed by atoms with Crippen molar-refractivity contribution in [3.63, 3.8) is 0 Å². The van der Waals surface area contributed by atoms with Crippen molar-refractivity contribution in [1.82, 2.24) is 15.3 Å². The Bertz CT molecular complexity index is 987. The van der Waals surface area contributed by atoms with Crippen LogP contribution in [0.25, 0.3) is 10.2 Å². The number of aromatic nitrogens is 2. The van der Waals surface area contributed by atoms with Crippen LogP contribution in [-0.4, -0.2) is 34.1 Å². The molecule has 2 amide bonds. The van der Waals surface area contributed by atoms with E-state index in [4.69, 9.17) is 0 Å². The number of carbonyl (C=O) groups is 2. The summed E-state index contributed by atoms with van der Waals surface area (Å²) in [6.07, 6.45) is 3.30. The zero-order valence-corrected chi connectivity index (χ0v) is 17.5. The summed E-state index contributed by atoms with van der Waals surface area (Å²) in [5.74, 6) is -0.252. The first kappa shape index (κ1) is 20.3. The fourth-order valence-corrected chi connectivity index (χ4v) is 4.48. The van der Waals surface area contributed by atoms with Crippen molar-refractivity contribution in [2.75, 3.05) is 17.6 Å². The number of para-hydroxylation sites is 1.